The summed E-state index contributed by atoms with van der Waals surface area (Å²) in [4.78, 5) is 72.0. The molecule has 59 heavy (non-hydrogen) atoms. The standard InChI is InChI=1S/C44H44N2O12S/c1-29(2)43(51)55-21-19-31(27-47)23-41(49)45-37-15-5-7-17-39(37)57-33-11-9-13-35(25-33)59(53,54)36-14-10-12-34(26-36)58-40-18-8-6-16-38(40)46-42(50)24-32(28-48)20-22-56-44(52)30(3)4/h5-18,25-28,31-32H,1,3,19-24H2,2,4H3,(H,45,49)(H,46,50). The van der Waals surface area contributed by atoms with Gasteiger partial charge in [0.2, 0.25) is 21.7 Å². The highest BCUT2D eigenvalue weighted by molar-refractivity contribution is 7.91. The van der Waals surface area contributed by atoms with Gasteiger partial charge in [-0.1, -0.05) is 49.6 Å². The van der Waals surface area contributed by atoms with Crippen LogP contribution in [0.2, 0.25) is 0 Å². The van der Waals surface area contributed by atoms with Crippen LogP contribution in [0.1, 0.15) is 39.5 Å². The van der Waals surface area contributed by atoms with Crippen molar-refractivity contribution in [3.05, 3.63) is 121 Å². The number of esters is 2. The zero-order valence-electron chi connectivity index (χ0n) is 32.5. The molecule has 0 saturated carbocycles. The molecule has 0 bridgehead atoms. The van der Waals surface area contributed by atoms with Crippen molar-refractivity contribution in [2.45, 2.75) is 49.3 Å². The summed E-state index contributed by atoms with van der Waals surface area (Å²) in [7, 11) is -4.13. The van der Waals surface area contributed by atoms with Crippen molar-refractivity contribution in [2.75, 3.05) is 23.8 Å². The molecule has 0 aliphatic carbocycles. The van der Waals surface area contributed by atoms with Crippen molar-refractivity contribution >= 4 is 57.5 Å². The molecule has 2 amide bonds. The lowest BCUT2D eigenvalue weighted by atomic mass is 10.0. The van der Waals surface area contributed by atoms with Crippen LogP contribution in [0.3, 0.4) is 0 Å². The lowest BCUT2D eigenvalue weighted by molar-refractivity contribution is -0.140. The molecule has 0 aliphatic heterocycles. The number of rotatable bonds is 22. The van der Waals surface area contributed by atoms with Gasteiger partial charge in [0.1, 0.15) is 24.1 Å². The van der Waals surface area contributed by atoms with E-state index in [1.807, 2.05) is 0 Å². The molecule has 4 aromatic carbocycles. The molecular weight excluding hydrogens is 781 g/mol. The second-order valence-corrected chi connectivity index (χ2v) is 15.3. The van der Waals surface area contributed by atoms with Crippen LogP contribution in [0, 0.1) is 11.8 Å². The number of nitrogens with one attached hydrogen (secondary N) is 2. The second kappa shape index (κ2) is 21.6. The molecule has 0 spiro atoms. The maximum Gasteiger partial charge on any atom is 0.333 e. The molecule has 0 aliphatic rings. The van der Waals surface area contributed by atoms with Gasteiger partial charge in [0.05, 0.1) is 34.4 Å². The molecular formula is C44H44N2O12S. The van der Waals surface area contributed by atoms with E-state index in [-0.39, 0.29) is 94.2 Å². The number of carbonyl (C=O) groups excluding carboxylic acids is 6. The Hall–Kier alpha value is -6.87. The molecule has 308 valence electrons. The lowest BCUT2D eigenvalue weighted by Crippen LogP contribution is -2.19. The highest BCUT2D eigenvalue weighted by Crippen LogP contribution is 2.34. The van der Waals surface area contributed by atoms with Crippen LogP contribution in [0.4, 0.5) is 11.4 Å². The first kappa shape index (κ1) is 44.8. The fourth-order valence-corrected chi connectivity index (χ4v) is 6.62. The van der Waals surface area contributed by atoms with Gasteiger partial charge in [-0.25, -0.2) is 18.0 Å². The third-order valence-electron chi connectivity index (χ3n) is 8.43. The predicted molar refractivity (Wildman–Crippen MR) is 218 cm³/mol. The summed E-state index contributed by atoms with van der Waals surface area (Å²) < 4.78 is 49.9. The maximum absolute atomic E-state index is 13.9. The van der Waals surface area contributed by atoms with Crippen molar-refractivity contribution in [1.29, 1.82) is 0 Å². The molecule has 0 fully saturated rings. The summed E-state index contributed by atoms with van der Waals surface area (Å²) in [5, 5.41) is 5.43. The van der Waals surface area contributed by atoms with E-state index in [4.69, 9.17) is 18.9 Å². The Balaban J connectivity index is 1.42. The molecule has 2 unspecified atom stereocenters. The zero-order chi connectivity index (χ0) is 43.0. The van der Waals surface area contributed by atoms with Gasteiger partial charge in [-0.3, -0.25) is 9.59 Å². The van der Waals surface area contributed by atoms with E-state index >= 15 is 0 Å². The number of hydrogen-bond acceptors (Lipinski definition) is 12. The van der Waals surface area contributed by atoms with Gasteiger partial charge >= 0.3 is 11.9 Å². The molecule has 0 radical (unpaired) electrons. The van der Waals surface area contributed by atoms with E-state index < -0.39 is 45.4 Å². The van der Waals surface area contributed by atoms with Gasteiger partial charge in [0.15, 0.2) is 11.5 Å². The van der Waals surface area contributed by atoms with Gasteiger partial charge in [-0.05, 0) is 87.4 Å². The zero-order valence-corrected chi connectivity index (χ0v) is 33.3. The third kappa shape index (κ3) is 13.6. The summed E-state index contributed by atoms with van der Waals surface area (Å²) in [6, 6.07) is 24.6. The van der Waals surface area contributed by atoms with Crippen LogP contribution in [0.15, 0.2) is 131 Å². The van der Waals surface area contributed by atoms with E-state index in [1.165, 1.54) is 50.2 Å². The van der Waals surface area contributed by atoms with Gasteiger partial charge in [-0.15, -0.1) is 0 Å². The lowest BCUT2D eigenvalue weighted by Gasteiger charge is -2.15. The van der Waals surface area contributed by atoms with Crippen molar-refractivity contribution in [1.82, 2.24) is 0 Å². The van der Waals surface area contributed by atoms with Crippen molar-refractivity contribution < 1.29 is 56.1 Å². The fourth-order valence-electron chi connectivity index (χ4n) is 5.29. The van der Waals surface area contributed by atoms with Crippen molar-refractivity contribution in [3.63, 3.8) is 0 Å². The quantitative estimate of drug-likeness (QED) is 0.0453. The average molecular weight is 825 g/mol. The fraction of sp³-hybridized carbons (Fsp3) is 0.227. The van der Waals surface area contributed by atoms with Crippen molar-refractivity contribution in [2.24, 2.45) is 11.8 Å². The van der Waals surface area contributed by atoms with Gasteiger partial charge in [0, 0.05) is 35.8 Å². The third-order valence-corrected chi connectivity index (χ3v) is 10.2. The summed E-state index contributed by atoms with van der Waals surface area (Å²) in [6.07, 6.45) is 1.15. The van der Waals surface area contributed by atoms with Crippen LogP contribution < -0.4 is 20.1 Å². The molecule has 2 N–H and O–H groups in total. The van der Waals surface area contributed by atoms with Crippen LogP contribution >= 0.6 is 0 Å². The van der Waals surface area contributed by atoms with Gasteiger partial charge < -0.3 is 39.2 Å². The minimum atomic E-state index is -4.13. The normalized spacial score (nSPS) is 11.8. The Morgan fingerprint density at radius 1 is 0.610 bits per heavy atom. The Morgan fingerprint density at radius 3 is 1.37 bits per heavy atom. The average Bonchev–Trinajstić information content (AvgIpc) is 3.21. The molecule has 0 heterocycles. The van der Waals surface area contributed by atoms with Crippen LogP contribution in [-0.2, 0) is 48.1 Å². The number of para-hydroxylation sites is 4. The Kier molecular flexibility index (Phi) is 16.4. The Morgan fingerprint density at radius 2 is 1.00 bits per heavy atom. The molecule has 15 heteroatoms. The molecule has 4 aromatic rings. The number of carbonyl (C=O) groups is 6. The number of sulfone groups is 1. The summed E-state index contributed by atoms with van der Waals surface area (Å²) in [5.41, 5.74) is 0.984. The smallest absolute Gasteiger partial charge is 0.333 e. The monoisotopic (exact) mass is 824 g/mol. The number of hydrogen-bond donors (Lipinski definition) is 2. The highest BCUT2D eigenvalue weighted by Gasteiger charge is 2.22. The molecule has 4 rings (SSSR count). The van der Waals surface area contributed by atoms with E-state index in [0.717, 1.165) is 0 Å². The highest BCUT2D eigenvalue weighted by atomic mass is 32.2. The van der Waals surface area contributed by atoms with Gasteiger partial charge in [-0.2, -0.15) is 0 Å². The maximum atomic E-state index is 13.9. The second-order valence-electron chi connectivity index (χ2n) is 13.4. The number of aldehydes is 2. The first-order chi connectivity index (χ1) is 28.2. The first-order valence-electron chi connectivity index (χ1n) is 18.3. The number of anilines is 2. The van der Waals surface area contributed by atoms with E-state index in [9.17, 15) is 37.2 Å². The SMILES string of the molecule is C=C(C)C(=O)OCCC(C=O)CC(=O)Nc1ccccc1Oc1cccc(S(=O)(=O)c2cccc(Oc3ccccc3NC(=O)CC(C=O)CCOC(=O)C(=C)C)c2)c1. The number of ether oxygens (including phenoxy) is 4. The first-order valence-corrected chi connectivity index (χ1v) is 19.8. The van der Waals surface area contributed by atoms with E-state index in [2.05, 4.69) is 23.8 Å². The topological polar surface area (TPSA) is 198 Å². The Bertz CT molecular complexity index is 2170. The molecule has 2 atom stereocenters. The minimum Gasteiger partial charge on any atom is -0.462 e. The number of amides is 2. The predicted octanol–water partition coefficient (Wildman–Crippen LogP) is 7.41. The summed E-state index contributed by atoms with van der Waals surface area (Å²) in [5.74, 6) is -2.87. The minimum absolute atomic E-state index is 0.0576. The van der Waals surface area contributed by atoms with Crippen molar-refractivity contribution in [3.8, 4) is 23.0 Å². The molecule has 0 saturated heterocycles. The van der Waals surface area contributed by atoms with E-state index in [1.54, 1.807) is 60.7 Å². The summed E-state index contributed by atoms with van der Waals surface area (Å²) >= 11 is 0. The van der Waals surface area contributed by atoms with Gasteiger partial charge in [0.25, 0.3) is 0 Å². The van der Waals surface area contributed by atoms with E-state index in [0.29, 0.717) is 12.6 Å². The van der Waals surface area contributed by atoms with Crippen LogP contribution in [0.25, 0.3) is 0 Å². The summed E-state index contributed by atoms with van der Waals surface area (Å²) in [6.45, 7) is 9.88. The molecule has 14 nitrogen and oxygen atoms in total. The van der Waals surface area contributed by atoms with Crippen LogP contribution in [-0.4, -0.2) is 58.0 Å². The van der Waals surface area contributed by atoms with Crippen LogP contribution in [0.5, 0.6) is 23.0 Å². The Labute approximate surface area is 342 Å². The molecule has 0 aromatic heterocycles. The number of benzene rings is 4. The largest absolute Gasteiger partial charge is 0.462 e.